The summed E-state index contributed by atoms with van der Waals surface area (Å²) in [7, 11) is 0. The Bertz CT molecular complexity index is 870. The van der Waals surface area contributed by atoms with Crippen LogP contribution < -0.4 is 0 Å². The quantitative estimate of drug-likeness (QED) is 0.419. The molecule has 30 heavy (non-hydrogen) atoms. The standard InChI is InChI=1S/C26H30N4/c1-5-25(6-2,23(19-27)29-21-15-11-9-12-16-21)26(7-3,8-4)24(20-28)30-22-17-13-10-14-18-22/h9-18H,5-8H2,1-4H3. The van der Waals surface area contributed by atoms with Crippen LogP contribution in [-0.4, -0.2) is 11.4 Å². The second-order valence-corrected chi connectivity index (χ2v) is 7.39. The lowest BCUT2D eigenvalue weighted by Crippen LogP contribution is -2.51. The fraction of sp³-hybridized carbons (Fsp3) is 0.385. The van der Waals surface area contributed by atoms with Gasteiger partial charge in [-0.05, 0) is 49.9 Å². The van der Waals surface area contributed by atoms with E-state index < -0.39 is 10.8 Å². The summed E-state index contributed by atoms with van der Waals surface area (Å²) < 4.78 is 0. The van der Waals surface area contributed by atoms with Crippen molar-refractivity contribution in [3.8, 4) is 12.1 Å². The smallest absolute Gasteiger partial charge is 0.125 e. The average Bonchev–Trinajstić information content (AvgIpc) is 2.81. The maximum absolute atomic E-state index is 10.2. The third-order valence-electron chi connectivity index (χ3n) is 6.44. The molecule has 0 heterocycles. The van der Waals surface area contributed by atoms with E-state index in [1.165, 1.54) is 0 Å². The number of rotatable bonds is 9. The molecule has 0 amide bonds. The zero-order valence-corrected chi connectivity index (χ0v) is 18.4. The molecule has 0 N–H and O–H groups in total. The molecule has 4 nitrogen and oxygen atoms in total. The molecule has 154 valence electrons. The SMILES string of the molecule is CCC(CC)(C(C#N)=Nc1ccccc1)C(CC)(CC)C(C#N)=Nc1ccccc1. The molecule has 0 aliphatic carbocycles. The van der Waals surface area contributed by atoms with Crippen molar-refractivity contribution in [2.24, 2.45) is 20.8 Å². The van der Waals surface area contributed by atoms with Gasteiger partial charge in [-0.25, -0.2) is 9.98 Å². The van der Waals surface area contributed by atoms with Gasteiger partial charge in [-0.2, -0.15) is 10.5 Å². The van der Waals surface area contributed by atoms with Crippen molar-refractivity contribution < 1.29 is 0 Å². The van der Waals surface area contributed by atoms with E-state index in [0.717, 1.165) is 11.4 Å². The maximum atomic E-state index is 10.2. The maximum Gasteiger partial charge on any atom is 0.125 e. The van der Waals surface area contributed by atoms with Crippen molar-refractivity contribution in [3.63, 3.8) is 0 Å². The summed E-state index contributed by atoms with van der Waals surface area (Å²) in [5.41, 5.74) is 1.26. The molecule has 0 bridgehead atoms. The minimum atomic E-state index is -0.593. The van der Waals surface area contributed by atoms with Gasteiger partial charge in [0.25, 0.3) is 0 Å². The molecule has 2 aromatic rings. The van der Waals surface area contributed by atoms with E-state index in [1.54, 1.807) is 0 Å². The van der Waals surface area contributed by atoms with E-state index >= 15 is 0 Å². The molecule has 0 aromatic heterocycles. The van der Waals surface area contributed by atoms with Crippen LogP contribution in [0.5, 0.6) is 0 Å². The van der Waals surface area contributed by atoms with E-state index in [9.17, 15) is 10.5 Å². The lowest BCUT2D eigenvalue weighted by atomic mass is 9.53. The molecular weight excluding hydrogens is 368 g/mol. The number of nitriles is 2. The third kappa shape index (κ3) is 4.19. The van der Waals surface area contributed by atoms with Crippen molar-refractivity contribution in [1.29, 1.82) is 10.5 Å². The minimum Gasteiger partial charge on any atom is -0.242 e. The zero-order chi connectivity index (χ0) is 22.0. The van der Waals surface area contributed by atoms with Crippen LogP contribution in [0.1, 0.15) is 53.4 Å². The fourth-order valence-electron chi connectivity index (χ4n) is 4.72. The summed E-state index contributed by atoms with van der Waals surface area (Å²) in [6.45, 7) is 8.33. The highest BCUT2D eigenvalue weighted by molar-refractivity contribution is 6.12. The van der Waals surface area contributed by atoms with E-state index in [0.29, 0.717) is 37.1 Å². The first-order valence-electron chi connectivity index (χ1n) is 10.7. The number of hydrogen-bond acceptors (Lipinski definition) is 4. The molecule has 0 fully saturated rings. The van der Waals surface area contributed by atoms with Crippen LogP contribution in [0.25, 0.3) is 0 Å². The summed E-state index contributed by atoms with van der Waals surface area (Å²) in [5.74, 6) is 0. The van der Waals surface area contributed by atoms with Crippen LogP contribution in [0.3, 0.4) is 0 Å². The van der Waals surface area contributed by atoms with Crippen LogP contribution >= 0.6 is 0 Å². The molecule has 4 heteroatoms. The Morgan fingerprint density at radius 3 is 1.17 bits per heavy atom. The Labute approximate surface area is 180 Å². The lowest BCUT2D eigenvalue weighted by molar-refractivity contribution is 0.160. The molecule has 0 unspecified atom stereocenters. The third-order valence-corrected chi connectivity index (χ3v) is 6.44. The van der Waals surface area contributed by atoms with E-state index in [4.69, 9.17) is 9.98 Å². The molecule has 0 aliphatic heterocycles. The molecule has 0 saturated carbocycles. The van der Waals surface area contributed by atoms with Crippen molar-refractivity contribution in [2.75, 3.05) is 0 Å². The van der Waals surface area contributed by atoms with Crippen molar-refractivity contribution in [1.82, 2.24) is 0 Å². The second kappa shape index (κ2) is 10.5. The van der Waals surface area contributed by atoms with Gasteiger partial charge in [0.05, 0.1) is 11.4 Å². The van der Waals surface area contributed by atoms with Gasteiger partial charge in [-0.15, -0.1) is 0 Å². The zero-order valence-electron chi connectivity index (χ0n) is 18.4. The Balaban J connectivity index is 2.78. The average molecular weight is 399 g/mol. The fourth-order valence-corrected chi connectivity index (χ4v) is 4.72. The molecule has 0 radical (unpaired) electrons. The number of hydrogen-bond donors (Lipinski definition) is 0. The second-order valence-electron chi connectivity index (χ2n) is 7.39. The van der Waals surface area contributed by atoms with Gasteiger partial charge in [0.15, 0.2) is 0 Å². The summed E-state index contributed by atoms with van der Waals surface area (Å²) in [5, 5.41) is 20.4. The minimum absolute atomic E-state index is 0.471. The highest BCUT2D eigenvalue weighted by Crippen LogP contribution is 2.52. The van der Waals surface area contributed by atoms with Crippen LogP contribution in [0, 0.1) is 33.5 Å². The molecule has 2 aromatic carbocycles. The summed E-state index contributed by atoms with van der Waals surface area (Å²) >= 11 is 0. The topological polar surface area (TPSA) is 72.3 Å². The van der Waals surface area contributed by atoms with Crippen LogP contribution in [0.15, 0.2) is 70.6 Å². The Kier molecular flexibility index (Phi) is 8.07. The number of para-hydroxylation sites is 2. The summed E-state index contributed by atoms with van der Waals surface area (Å²) in [6, 6.07) is 23.9. The first-order valence-corrected chi connectivity index (χ1v) is 10.7. The molecule has 0 aliphatic rings. The van der Waals surface area contributed by atoms with Crippen molar-refractivity contribution in [3.05, 3.63) is 60.7 Å². The predicted octanol–water partition coefficient (Wildman–Crippen LogP) is 7.19. The summed E-state index contributed by atoms with van der Waals surface area (Å²) in [4.78, 5) is 9.54. The van der Waals surface area contributed by atoms with Gasteiger partial charge < -0.3 is 0 Å². The first kappa shape index (κ1) is 23.0. The van der Waals surface area contributed by atoms with Crippen LogP contribution in [0.4, 0.5) is 11.4 Å². The van der Waals surface area contributed by atoms with Gasteiger partial charge in [-0.1, -0.05) is 64.1 Å². The monoisotopic (exact) mass is 398 g/mol. The molecular formula is C26H30N4. The van der Waals surface area contributed by atoms with E-state index in [2.05, 4.69) is 39.8 Å². The van der Waals surface area contributed by atoms with Gasteiger partial charge in [-0.3, -0.25) is 0 Å². The highest BCUT2D eigenvalue weighted by Gasteiger charge is 2.54. The highest BCUT2D eigenvalue weighted by atomic mass is 14.8. The van der Waals surface area contributed by atoms with E-state index in [-0.39, 0.29) is 0 Å². The Morgan fingerprint density at radius 2 is 0.933 bits per heavy atom. The van der Waals surface area contributed by atoms with Crippen LogP contribution in [-0.2, 0) is 0 Å². The summed E-state index contributed by atoms with van der Waals surface area (Å²) in [6.07, 6.45) is 2.78. The van der Waals surface area contributed by atoms with Gasteiger partial charge >= 0.3 is 0 Å². The molecule has 0 saturated heterocycles. The van der Waals surface area contributed by atoms with Crippen LogP contribution in [0.2, 0.25) is 0 Å². The number of benzene rings is 2. The predicted molar refractivity (Wildman–Crippen MR) is 124 cm³/mol. The Morgan fingerprint density at radius 1 is 0.633 bits per heavy atom. The van der Waals surface area contributed by atoms with Gasteiger partial charge in [0.1, 0.15) is 23.6 Å². The first-order chi connectivity index (χ1) is 14.6. The van der Waals surface area contributed by atoms with Crippen molar-refractivity contribution >= 4 is 22.8 Å². The van der Waals surface area contributed by atoms with Gasteiger partial charge in [0, 0.05) is 10.8 Å². The largest absolute Gasteiger partial charge is 0.242 e. The number of aliphatic imine (C=N–C) groups is 2. The van der Waals surface area contributed by atoms with E-state index in [1.807, 2.05) is 60.7 Å². The van der Waals surface area contributed by atoms with Crippen molar-refractivity contribution in [2.45, 2.75) is 53.4 Å². The molecule has 0 atom stereocenters. The lowest BCUT2D eigenvalue weighted by Gasteiger charge is -2.48. The normalized spacial score (nSPS) is 12.9. The Hall–Kier alpha value is -3.24. The molecule has 2 rings (SSSR count). The molecule has 0 spiro atoms. The number of nitrogens with zero attached hydrogens (tertiary/aromatic N) is 4. The van der Waals surface area contributed by atoms with Gasteiger partial charge in [0.2, 0.25) is 0 Å².